The fourth-order valence-corrected chi connectivity index (χ4v) is 2.77. The molecule has 0 unspecified atom stereocenters. The molecule has 2 N–H and O–H groups in total. The first-order chi connectivity index (χ1) is 10.2. The van der Waals surface area contributed by atoms with Crippen LogP contribution in [0.25, 0.3) is 0 Å². The number of benzene rings is 1. The predicted molar refractivity (Wildman–Crippen MR) is 89.8 cm³/mol. The van der Waals surface area contributed by atoms with Gasteiger partial charge in [-0.2, -0.15) is 0 Å². The standard InChI is InChI=1S/C16H23N3OS/c1-3-8-17-16(21)19-11-9-18(10-12-19)13-14-4-6-15(20-2)7-5-14/h3-7H,1,8-13H2,2H3,(H,17,21)/p+1. The van der Waals surface area contributed by atoms with Gasteiger partial charge in [-0.05, 0) is 36.5 Å². The van der Waals surface area contributed by atoms with Gasteiger partial charge in [0.25, 0.3) is 0 Å². The van der Waals surface area contributed by atoms with E-state index in [4.69, 9.17) is 17.0 Å². The minimum absolute atomic E-state index is 0.734. The van der Waals surface area contributed by atoms with Crippen molar-refractivity contribution in [1.82, 2.24) is 10.2 Å². The molecule has 1 aliphatic heterocycles. The quantitative estimate of drug-likeness (QED) is 0.611. The second-order valence-corrected chi connectivity index (χ2v) is 5.62. The van der Waals surface area contributed by atoms with E-state index in [2.05, 4.69) is 28.9 Å². The number of nitrogens with one attached hydrogen (secondary N) is 2. The summed E-state index contributed by atoms with van der Waals surface area (Å²) in [7, 11) is 1.70. The molecule has 0 saturated carbocycles. The molecule has 5 heteroatoms. The molecule has 0 aliphatic carbocycles. The first-order valence-corrected chi connectivity index (χ1v) is 7.74. The number of ether oxygens (including phenoxy) is 1. The minimum Gasteiger partial charge on any atom is -0.497 e. The lowest BCUT2D eigenvalue weighted by Gasteiger charge is -2.33. The third kappa shape index (κ3) is 4.72. The van der Waals surface area contributed by atoms with Crippen LogP contribution in [0.15, 0.2) is 36.9 Å². The van der Waals surface area contributed by atoms with Gasteiger partial charge in [0.2, 0.25) is 0 Å². The van der Waals surface area contributed by atoms with E-state index in [-0.39, 0.29) is 0 Å². The Bertz CT molecular complexity index is 467. The molecule has 4 nitrogen and oxygen atoms in total. The molecule has 0 bridgehead atoms. The average Bonchev–Trinajstić information content (AvgIpc) is 2.54. The predicted octanol–water partition coefficient (Wildman–Crippen LogP) is 0.456. The smallest absolute Gasteiger partial charge is 0.169 e. The molecule has 0 spiro atoms. The molecule has 0 radical (unpaired) electrons. The Morgan fingerprint density at radius 2 is 2.05 bits per heavy atom. The molecule has 0 aromatic heterocycles. The molecule has 1 heterocycles. The summed E-state index contributed by atoms with van der Waals surface area (Å²) in [4.78, 5) is 3.85. The zero-order valence-electron chi connectivity index (χ0n) is 12.6. The van der Waals surface area contributed by atoms with E-state index in [1.54, 1.807) is 12.0 Å². The van der Waals surface area contributed by atoms with Gasteiger partial charge in [-0.3, -0.25) is 0 Å². The lowest BCUT2D eigenvalue weighted by molar-refractivity contribution is -0.917. The first kappa shape index (κ1) is 15.8. The van der Waals surface area contributed by atoms with Crippen LogP contribution in [0, 0.1) is 0 Å². The highest BCUT2D eigenvalue weighted by atomic mass is 32.1. The van der Waals surface area contributed by atoms with Crippen LogP contribution in [-0.4, -0.2) is 49.8 Å². The Hall–Kier alpha value is -1.59. The monoisotopic (exact) mass is 306 g/mol. The van der Waals surface area contributed by atoms with Crippen molar-refractivity contribution >= 4 is 17.3 Å². The van der Waals surface area contributed by atoms with E-state index in [0.717, 1.165) is 50.1 Å². The maximum atomic E-state index is 5.38. The van der Waals surface area contributed by atoms with E-state index in [0.29, 0.717) is 0 Å². The Kier molecular flexibility index (Phi) is 6.02. The fraction of sp³-hybridized carbons (Fsp3) is 0.438. The summed E-state index contributed by atoms with van der Waals surface area (Å²) in [5.41, 5.74) is 1.35. The van der Waals surface area contributed by atoms with Crippen molar-refractivity contribution in [2.45, 2.75) is 6.54 Å². The van der Waals surface area contributed by atoms with E-state index >= 15 is 0 Å². The van der Waals surface area contributed by atoms with Crippen LogP contribution in [0.5, 0.6) is 5.75 Å². The number of nitrogens with zero attached hydrogens (tertiary/aromatic N) is 1. The van der Waals surface area contributed by atoms with Crippen LogP contribution in [0.1, 0.15) is 5.56 Å². The SMILES string of the molecule is C=CCNC(=S)N1CC[NH+](Cc2ccc(OC)cc2)CC1. The zero-order valence-corrected chi connectivity index (χ0v) is 13.4. The zero-order chi connectivity index (χ0) is 15.1. The maximum absolute atomic E-state index is 5.38. The molecule has 21 heavy (non-hydrogen) atoms. The van der Waals surface area contributed by atoms with Gasteiger partial charge in [0.15, 0.2) is 5.11 Å². The van der Waals surface area contributed by atoms with Crippen LogP contribution in [0.4, 0.5) is 0 Å². The third-order valence-electron chi connectivity index (χ3n) is 3.77. The van der Waals surface area contributed by atoms with Gasteiger partial charge in [0, 0.05) is 12.1 Å². The summed E-state index contributed by atoms with van der Waals surface area (Å²) < 4.78 is 5.19. The fourth-order valence-electron chi connectivity index (χ4n) is 2.51. The Labute approximate surface area is 132 Å². The average molecular weight is 306 g/mol. The van der Waals surface area contributed by atoms with Crippen molar-refractivity contribution in [3.05, 3.63) is 42.5 Å². The molecule has 2 rings (SSSR count). The number of quaternary nitrogens is 1. The largest absolute Gasteiger partial charge is 0.497 e. The summed E-state index contributed by atoms with van der Waals surface area (Å²) in [6.45, 7) is 9.73. The summed E-state index contributed by atoms with van der Waals surface area (Å²) >= 11 is 5.38. The molecular weight excluding hydrogens is 282 g/mol. The molecule has 1 aromatic rings. The lowest BCUT2D eigenvalue weighted by atomic mass is 10.2. The third-order valence-corrected chi connectivity index (χ3v) is 4.17. The Balaban J connectivity index is 1.78. The molecule has 0 atom stereocenters. The summed E-state index contributed by atoms with van der Waals surface area (Å²) in [6.07, 6.45) is 1.83. The summed E-state index contributed by atoms with van der Waals surface area (Å²) in [5, 5.41) is 4.04. The second kappa shape index (κ2) is 8.00. The number of thiocarbonyl (C=S) groups is 1. The van der Waals surface area contributed by atoms with Gasteiger partial charge >= 0.3 is 0 Å². The van der Waals surface area contributed by atoms with Crippen molar-refractivity contribution in [2.75, 3.05) is 39.8 Å². The van der Waals surface area contributed by atoms with Crippen LogP contribution in [-0.2, 0) is 6.54 Å². The molecule has 1 aromatic carbocycles. The minimum atomic E-state index is 0.734. The van der Waals surface area contributed by atoms with Gasteiger partial charge in [0.05, 0.1) is 33.3 Å². The van der Waals surface area contributed by atoms with Crippen LogP contribution >= 0.6 is 12.2 Å². The highest BCUT2D eigenvalue weighted by molar-refractivity contribution is 7.80. The highest BCUT2D eigenvalue weighted by Gasteiger charge is 2.21. The number of hydrogen-bond donors (Lipinski definition) is 2. The van der Waals surface area contributed by atoms with Gasteiger partial charge in [-0.15, -0.1) is 6.58 Å². The number of rotatable bonds is 5. The van der Waals surface area contributed by atoms with Crippen LogP contribution < -0.4 is 15.0 Å². The summed E-state index contributed by atoms with van der Waals surface area (Å²) in [5.74, 6) is 0.914. The van der Waals surface area contributed by atoms with E-state index in [1.165, 1.54) is 5.56 Å². The summed E-state index contributed by atoms with van der Waals surface area (Å²) in [6, 6.07) is 8.35. The van der Waals surface area contributed by atoms with Crippen molar-refractivity contribution in [1.29, 1.82) is 0 Å². The Morgan fingerprint density at radius 3 is 2.62 bits per heavy atom. The second-order valence-electron chi connectivity index (χ2n) is 5.24. The number of piperazine rings is 1. The van der Waals surface area contributed by atoms with Crippen molar-refractivity contribution in [3.63, 3.8) is 0 Å². The molecule has 1 saturated heterocycles. The van der Waals surface area contributed by atoms with Gasteiger partial charge in [-0.25, -0.2) is 0 Å². The molecular formula is C16H24N3OS+. The maximum Gasteiger partial charge on any atom is 0.169 e. The number of hydrogen-bond acceptors (Lipinski definition) is 2. The molecule has 1 fully saturated rings. The topological polar surface area (TPSA) is 28.9 Å². The normalized spacial score (nSPS) is 15.6. The molecule has 1 aliphatic rings. The first-order valence-electron chi connectivity index (χ1n) is 7.33. The van der Waals surface area contributed by atoms with Crippen molar-refractivity contribution in [2.24, 2.45) is 0 Å². The van der Waals surface area contributed by atoms with Crippen molar-refractivity contribution < 1.29 is 9.64 Å². The van der Waals surface area contributed by atoms with Gasteiger partial charge in [-0.1, -0.05) is 6.08 Å². The molecule has 114 valence electrons. The Morgan fingerprint density at radius 1 is 1.38 bits per heavy atom. The van der Waals surface area contributed by atoms with Crippen molar-refractivity contribution in [3.8, 4) is 5.75 Å². The van der Waals surface area contributed by atoms with Crippen LogP contribution in [0.2, 0.25) is 0 Å². The molecule has 0 amide bonds. The van der Waals surface area contributed by atoms with E-state index < -0.39 is 0 Å². The lowest BCUT2D eigenvalue weighted by Crippen LogP contribution is -3.13. The number of methoxy groups -OCH3 is 1. The highest BCUT2D eigenvalue weighted by Crippen LogP contribution is 2.10. The van der Waals surface area contributed by atoms with E-state index in [1.807, 2.05) is 18.2 Å². The van der Waals surface area contributed by atoms with Gasteiger partial charge < -0.3 is 19.9 Å². The van der Waals surface area contributed by atoms with Gasteiger partial charge in [0.1, 0.15) is 12.3 Å². The van der Waals surface area contributed by atoms with Crippen LogP contribution in [0.3, 0.4) is 0 Å². The van der Waals surface area contributed by atoms with E-state index in [9.17, 15) is 0 Å².